The van der Waals surface area contributed by atoms with Crippen molar-refractivity contribution in [2.45, 2.75) is 0 Å². The molecule has 4 nitrogen and oxygen atoms in total. The Bertz CT molecular complexity index is 3950. The van der Waals surface area contributed by atoms with Gasteiger partial charge < -0.3 is 4.42 Å². The lowest BCUT2D eigenvalue weighted by molar-refractivity contribution is 0.669. The van der Waals surface area contributed by atoms with Crippen LogP contribution < -0.4 is 0 Å². The number of fused-ring (bicyclic) bond motifs is 6. The molecule has 0 N–H and O–H groups in total. The van der Waals surface area contributed by atoms with Crippen LogP contribution in [0.25, 0.3) is 133 Å². The summed E-state index contributed by atoms with van der Waals surface area (Å²) in [6.07, 6.45) is 0. The third kappa shape index (κ3) is 7.32. The van der Waals surface area contributed by atoms with Gasteiger partial charge in [0.15, 0.2) is 5.82 Å². The van der Waals surface area contributed by atoms with Crippen LogP contribution in [0.1, 0.15) is 0 Å². The van der Waals surface area contributed by atoms with Crippen LogP contribution in [-0.4, -0.2) is 15.0 Å². The van der Waals surface area contributed by atoms with Crippen LogP contribution >= 0.6 is 0 Å². The van der Waals surface area contributed by atoms with Crippen molar-refractivity contribution in [3.8, 4) is 89.7 Å². The Morgan fingerprint density at radius 2 is 0.725 bits per heavy atom. The van der Waals surface area contributed by atoms with Crippen molar-refractivity contribution in [3.05, 3.63) is 249 Å². The van der Waals surface area contributed by atoms with E-state index in [-0.39, 0.29) is 0 Å². The van der Waals surface area contributed by atoms with Crippen LogP contribution in [-0.2, 0) is 0 Å². The zero-order valence-corrected chi connectivity index (χ0v) is 37.4. The quantitative estimate of drug-likeness (QED) is 0.143. The van der Waals surface area contributed by atoms with Gasteiger partial charge in [0.1, 0.15) is 11.2 Å². The number of benzene rings is 10. The predicted molar refractivity (Wildman–Crippen MR) is 286 cm³/mol. The van der Waals surface area contributed by atoms with Gasteiger partial charge >= 0.3 is 0 Å². The van der Waals surface area contributed by atoms with Crippen molar-refractivity contribution in [1.82, 2.24) is 15.0 Å². The van der Waals surface area contributed by atoms with E-state index in [0.717, 1.165) is 127 Å². The molecule has 0 unspecified atom stereocenters. The molecule has 0 spiro atoms. The van der Waals surface area contributed by atoms with Gasteiger partial charge in [-0.1, -0.05) is 206 Å². The Hall–Kier alpha value is -9.25. The second-order valence-corrected chi connectivity index (χ2v) is 17.5. The van der Waals surface area contributed by atoms with Crippen LogP contribution in [0.15, 0.2) is 253 Å². The van der Waals surface area contributed by atoms with Crippen LogP contribution in [0.2, 0.25) is 0 Å². The zero-order valence-electron chi connectivity index (χ0n) is 37.4. The molecule has 3 aromatic heterocycles. The minimum atomic E-state index is 0.661. The summed E-state index contributed by atoms with van der Waals surface area (Å²) in [5.41, 5.74) is 18.3. The molecule has 0 atom stereocenters. The zero-order chi connectivity index (χ0) is 45.7. The van der Waals surface area contributed by atoms with Gasteiger partial charge in [-0.25, -0.2) is 15.0 Å². The summed E-state index contributed by atoms with van der Waals surface area (Å²) in [5, 5.41) is 5.54. The SMILES string of the molecule is c1ccc(-c2cccc(-c3cc(-c4cccc(-c5ccccc5)c4)nc(-c4cccc(-c5ccc(-c6nc7ccccc7c7c(-c8ccccc8)c8c(cc67)oc6ccccc68)cc5)c4)n3)c2)cc1. The average molecular weight is 880 g/mol. The molecule has 10 aromatic carbocycles. The van der Waals surface area contributed by atoms with E-state index in [1.807, 2.05) is 18.2 Å². The molecule has 0 aliphatic heterocycles. The predicted octanol–water partition coefficient (Wildman–Crippen LogP) is 17.4. The van der Waals surface area contributed by atoms with Gasteiger partial charge in [-0.3, -0.25) is 0 Å². The van der Waals surface area contributed by atoms with Gasteiger partial charge in [0.05, 0.1) is 22.6 Å². The highest BCUT2D eigenvalue weighted by Gasteiger charge is 2.22. The first-order valence-corrected chi connectivity index (χ1v) is 23.3. The summed E-state index contributed by atoms with van der Waals surface area (Å²) in [5.74, 6) is 0.661. The molecule has 0 aliphatic carbocycles. The van der Waals surface area contributed by atoms with E-state index in [9.17, 15) is 0 Å². The molecule has 0 aliphatic rings. The summed E-state index contributed by atoms with van der Waals surface area (Å²) < 4.78 is 6.62. The standard InChI is InChI=1S/C65H41N3O/c1-4-17-42(18-5-1)47-23-14-26-50(37-47)57-41-58(51-27-15-24-48(38-51)43-19-6-2-7-20-43)68-65(67-57)52-28-16-25-49(39-52)44-33-35-46(36-34-44)64-55-40-60-63(54-30-11-13-32-59(54)69-60)61(45-21-8-3-9-22-45)62(55)53-29-10-12-31-56(53)66-64/h1-41H. The maximum Gasteiger partial charge on any atom is 0.160 e. The molecule has 4 heteroatoms. The van der Waals surface area contributed by atoms with Crippen molar-refractivity contribution in [2.75, 3.05) is 0 Å². The molecule has 0 saturated carbocycles. The first-order chi connectivity index (χ1) is 34.2. The van der Waals surface area contributed by atoms with Gasteiger partial charge in [-0.15, -0.1) is 0 Å². The monoisotopic (exact) mass is 879 g/mol. The van der Waals surface area contributed by atoms with Crippen LogP contribution in [0.5, 0.6) is 0 Å². The van der Waals surface area contributed by atoms with Crippen LogP contribution in [0.3, 0.4) is 0 Å². The summed E-state index contributed by atoms with van der Waals surface area (Å²) >= 11 is 0. The molecule has 3 heterocycles. The molecule has 13 rings (SSSR count). The van der Waals surface area contributed by atoms with Crippen molar-refractivity contribution < 1.29 is 4.42 Å². The van der Waals surface area contributed by atoms with Gasteiger partial charge in [0, 0.05) is 54.7 Å². The van der Waals surface area contributed by atoms with Crippen molar-refractivity contribution in [2.24, 2.45) is 0 Å². The normalized spacial score (nSPS) is 11.5. The van der Waals surface area contributed by atoms with Crippen LogP contribution in [0, 0.1) is 0 Å². The second-order valence-electron chi connectivity index (χ2n) is 17.5. The number of hydrogen-bond acceptors (Lipinski definition) is 4. The number of aromatic nitrogens is 3. The summed E-state index contributed by atoms with van der Waals surface area (Å²) in [4.78, 5) is 16.0. The van der Waals surface area contributed by atoms with Gasteiger partial charge in [0.25, 0.3) is 0 Å². The maximum atomic E-state index is 6.62. The molecular weight excluding hydrogens is 839 g/mol. The Balaban J connectivity index is 0.927. The minimum absolute atomic E-state index is 0.661. The molecule has 0 saturated heterocycles. The lowest BCUT2D eigenvalue weighted by Crippen LogP contribution is -1.96. The summed E-state index contributed by atoms with van der Waals surface area (Å²) in [7, 11) is 0. The largest absolute Gasteiger partial charge is 0.456 e. The maximum absolute atomic E-state index is 6.62. The van der Waals surface area contributed by atoms with Gasteiger partial charge in [-0.05, 0) is 81.4 Å². The fourth-order valence-corrected chi connectivity index (χ4v) is 9.94. The molecule has 0 radical (unpaired) electrons. The highest BCUT2D eigenvalue weighted by atomic mass is 16.3. The smallest absolute Gasteiger partial charge is 0.160 e. The number of furan rings is 1. The lowest BCUT2D eigenvalue weighted by Gasteiger charge is -2.16. The van der Waals surface area contributed by atoms with Crippen molar-refractivity contribution >= 4 is 43.6 Å². The van der Waals surface area contributed by atoms with Crippen LogP contribution in [0.4, 0.5) is 0 Å². The van der Waals surface area contributed by atoms with E-state index in [1.54, 1.807) is 0 Å². The Morgan fingerprint density at radius 3 is 1.35 bits per heavy atom. The Labute approximate surface area is 399 Å². The number of pyridine rings is 1. The minimum Gasteiger partial charge on any atom is -0.456 e. The first-order valence-electron chi connectivity index (χ1n) is 23.3. The molecule has 322 valence electrons. The first kappa shape index (κ1) is 40.1. The van der Waals surface area contributed by atoms with E-state index in [4.69, 9.17) is 19.4 Å². The fraction of sp³-hybridized carbons (Fsp3) is 0. The highest BCUT2D eigenvalue weighted by Crippen LogP contribution is 2.46. The van der Waals surface area contributed by atoms with Crippen molar-refractivity contribution in [1.29, 1.82) is 0 Å². The van der Waals surface area contributed by atoms with E-state index in [0.29, 0.717) is 5.82 Å². The molecule has 13 aromatic rings. The Morgan fingerprint density at radius 1 is 0.261 bits per heavy atom. The van der Waals surface area contributed by atoms with E-state index < -0.39 is 0 Å². The Kier molecular flexibility index (Phi) is 9.80. The molecule has 0 fully saturated rings. The second kappa shape index (κ2) is 16.9. The number of nitrogens with zero attached hydrogens (tertiary/aromatic N) is 3. The van der Waals surface area contributed by atoms with E-state index in [2.05, 4.69) is 231 Å². The molecule has 0 amide bonds. The highest BCUT2D eigenvalue weighted by molar-refractivity contribution is 6.27. The van der Waals surface area contributed by atoms with E-state index in [1.165, 1.54) is 0 Å². The summed E-state index contributed by atoms with van der Waals surface area (Å²) in [6, 6.07) is 87.4. The molecule has 0 bridgehead atoms. The van der Waals surface area contributed by atoms with Gasteiger partial charge in [0.2, 0.25) is 0 Å². The topological polar surface area (TPSA) is 51.8 Å². The molecule has 69 heavy (non-hydrogen) atoms. The van der Waals surface area contributed by atoms with Crippen molar-refractivity contribution in [3.63, 3.8) is 0 Å². The third-order valence-electron chi connectivity index (χ3n) is 13.3. The number of rotatable bonds is 8. The molecular formula is C65H41N3O. The average Bonchev–Trinajstić information content (AvgIpc) is 3.81. The third-order valence-corrected chi connectivity index (χ3v) is 13.3. The summed E-state index contributed by atoms with van der Waals surface area (Å²) in [6.45, 7) is 0. The van der Waals surface area contributed by atoms with E-state index >= 15 is 0 Å². The number of hydrogen-bond donors (Lipinski definition) is 0. The number of para-hydroxylation sites is 2. The lowest BCUT2D eigenvalue weighted by atomic mass is 9.89. The van der Waals surface area contributed by atoms with Gasteiger partial charge in [-0.2, -0.15) is 0 Å². The fourth-order valence-electron chi connectivity index (χ4n) is 9.94.